The number of amides is 2. The molecule has 25 heavy (non-hydrogen) atoms. The lowest BCUT2D eigenvalue weighted by molar-refractivity contribution is -0.141. The predicted molar refractivity (Wildman–Crippen MR) is 97.1 cm³/mol. The zero-order valence-corrected chi connectivity index (χ0v) is 15.1. The molecule has 2 heterocycles. The van der Waals surface area contributed by atoms with Gasteiger partial charge in [0.1, 0.15) is 6.04 Å². The number of likely N-dealkylation sites (N-methyl/N-ethyl adjacent to an activating group) is 1. The molecule has 1 aliphatic rings. The second-order valence-corrected chi connectivity index (χ2v) is 6.64. The summed E-state index contributed by atoms with van der Waals surface area (Å²) in [4.78, 5) is 26.9. The number of carbonyl (C=O) groups excluding carboxylic acids is 2. The van der Waals surface area contributed by atoms with E-state index in [0.29, 0.717) is 25.9 Å². The number of carbonyl (C=O) groups is 2. The van der Waals surface area contributed by atoms with Gasteiger partial charge >= 0.3 is 0 Å². The zero-order valence-electron chi connectivity index (χ0n) is 15.1. The van der Waals surface area contributed by atoms with Crippen molar-refractivity contribution in [2.45, 2.75) is 45.8 Å². The standard InChI is InChI=1S/C20H25N3O2/c1-14-8-9-15(2)22(14)11-10-19(24)23-13-17-7-5-4-6-16(17)12-18(23)20(25)21-3/h4-9,18H,10-13H2,1-3H3,(H,21,25). The number of hydrogen-bond donors (Lipinski definition) is 1. The van der Waals surface area contributed by atoms with Gasteiger partial charge in [-0.15, -0.1) is 0 Å². The Bertz CT molecular complexity index is 774. The van der Waals surface area contributed by atoms with Gasteiger partial charge in [-0.2, -0.15) is 0 Å². The molecule has 2 aromatic rings. The van der Waals surface area contributed by atoms with Gasteiger partial charge in [-0.3, -0.25) is 9.59 Å². The molecule has 1 unspecified atom stereocenters. The van der Waals surface area contributed by atoms with Crippen LogP contribution < -0.4 is 5.32 Å². The molecule has 0 spiro atoms. The van der Waals surface area contributed by atoms with Crippen LogP contribution in [0.1, 0.15) is 28.9 Å². The topological polar surface area (TPSA) is 54.3 Å². The lowest BCUT2D eigenvalue weighted by Gasteiger charge is -2.36. The molecule has 1 atom stereocenters. The molecule has 3 rings (SSSR count). The molecule has 0 radical (unpaired) electrons. The van der Waals surface area contributed by atoms with E-state index in [2.05, 4.69) is 22.0 Å². The van der Waals surface area contributed by atoms with Crippen molar-refractivity contribution in [3.63, 3.8) is 0 Å². The molecule has 0 saturated carbocycles. The fourth-order valence-corrected chi connectivity index (χ4v) is 3.59. The van der Waals surface area contributed by atoms with E-state index in [1.54, 1.807) is 11.9 Å². The highest BCUT2D eigenvalue weighted by atomic mass is 16.2. The van der Waals surface area contributed by atoms with Gasteiger partial charge in [0.05, 0.1) is 0 Å². The largest absolute Gasteiger partial charge is 0.357 e. The Hall–Kier alpha value is -2.56. The van der Waals surface area contributed by atoms with E-state index >= 15 is 0 Å². The second kappa shape index (κ2) is 7.13. The summed E-state index contributed by atoms with van der Waals surface area (Å²) in [6, 6.07) is 11.7. The Morgan fingerprint density at radius 2 is 1.72 bits per heavy atom. The number of aryl methyl sites for hydroxylation is 2. The minimum Gasteiger partial charge on any atom is -0.357 e. The first-order valence-electron chi connectivity index (χ1n) is 8.72. The maximum Gasteiger partial charge on any atom is 0.242 e. The van der Waals surface area contributed by atoms with Crippen LogP contribution in [0.5, 0.6) is 0 Å². The van der Waals surface area contributed by atoms with E-state index in [9.17, 15) is 9.59 Å². The molecule has 1 N–H and O–H groups in total. The maximum absolute atomic E-state index is 12.9. The fraction of sp³-hybridized carbons (Fsp3) is 0.400. The van der Waals surface area contributed by atoms with Crippen LogP contribution in [0.2, 0.25) is 0 Å². The van der Waals surface area contributed by atoms with Crippen LogP contribution in [-0.4, -0.2) is 34.4 Å². The molecule has 0 fully saturated rings. The lowest BCUT2D eigenvalue weighted by atomic mass is 9.93. The van der Waals surface area contributed by atoms with Crippen LogP contribution in [0.25, 0.3) is 0 Å². The van der Waals surface area contributed by atoms with Gasteiger partial charge in [-0.05, 0) is 37.1 Å². The van der Waals surface area contributed by atoms with E-state index in [1.807, 2.05) is 38.1 Å². The van der Waals surface area contributed by atoms with Gasteiger partial charge in [-0.25, -0.2) is 0 Å². The Balaban J connectivity index is 1.78. The van der Waals surface area contributed by atoms with Crippen molar-refractivity contribution >= 4 is 11.8 Å². The summed E-state index contributed by atoms with van der Waals surface area (Å²) in [7, 11) is 1.62. The Kier molecular flexibility index (Phi) is 4.93. The summed E-state index contributed by atoms with van der Waals surface area (Å²) in [5, 5.41) is 2.70. The molecule has 0 bridgehead atoms. The Morgan fingerprint density at radius 3 is 2.36 bits per heavy atom. The molecule has 132 valence electrons. The molecule has 1 aliphatic heterocycles. The minimum absolute atomic E-state index is 0.0237. The van der Waals surface area contributed by atoms with Crippen LogP contribution in [0.3, 0.4) is 0 Å². The average Bonchev–Trinajstić information content (AvgIpc) is 2.95. The minimum atomic E-state index is -0.431. The molecule has 0 saturated heterocycles. The van der Waals surface area contributed by atoms with Gasteiger partial charge in [0.15, 0.2) is 0 Å². The van der Waals surface area contributed by atoms with E-state index in [-0.39, 0.29) is 11.8 Å². The van der Waals surface area contributed by atoms with Crippen molar-refractivity contribution in [1.82, 2.24) is 14.8 Å². The highest BCUT2D eigenvalue weighted by Gasteiger charge is 2.33. The highest BCUT2D eigenvalue weighted by molar-refractivity contribution is 5.88. The number of aromatic nitrogens is 1. The van der Waals surface area contributed by atoms with Crippen molar-refractivity contribution in [1.29, 1.82) is 0 Å². The van der Waals surface area contributed by atoms with E-state index in [1.165, 1.54) is 0 Å². The third-order valence-electron chi connectivity index (χ3n) is 5.08. The molecule has 1 aromatic carbocycles. The Morgan fingerprint density at radius 1 is 1.08 bits per heavy atom. The van der Waals surface area contributed by atoms with Crippen LogP contribution in [0.4, 0.5) is 0 Å². The smallest absolute Gasteiger partial charge is 0.242 e. The van der Waals surface area contributed by atoms with Crippen LogP contribution in [0.15, 0.2) is 36.4 Å². The van der Waals surface area contributed by atoms with Gasteiger partial charge in [0, 0.05) is 44.4 Å². The Labute approximate surface area is 148 Å². The number of benzene rings is 1. The monoisotopic (exact) mass is 339 g/mol. The SMILES string of the molecule is CNC(=O)C1Cc2ccccc2CN1C(=O)CCn1c(C)ccc1C. The number of fused-ring (bicyclic) bond motifs is 1. The number of nitrogens with one attached hydrogen (secondary N) is 1. The van der Waals surface area contributed by atoms with E-state index < -0.39 is 6.04 Å². The molecule has 5 heteroatoms. The van der Waals surface area contributed by atoms with Crippen molar-refractivity contribution < 1.29 is 9.59 Å². The number of hydrogen-bond acceptors (Lipinski definition) is 2. The first-order valence-corrected chi connectivity index (χ1v) is 8.72. The van der Waals surface area contributed by atoms with Crippen LogP contribution >= 0.6 is 0 Å². The lowest BCUT2D eigenvalue weighted by Crippen LogP contribution is -2.52. The van der Waals surface area contributed by atoms with E-state index in [0.717, 1.165) is 22.5 Å². The van der Waals surface area contributed by atoms with Crippen molar-refractivity contribution in [3.8, 4) is 0 Å². The molecule has 2 amide bonds. The predicted octanol–water partition coefficient (Wildman–Crippen LogP) is 2.19. The first-order chi connectivity index (χ1) is 12.0. The van der Waals surface area contributed by atoms with Crippen molar-refractivity contribution in [2.24, 2.45) is 0 Å². The maximum atomic E-state index is 12.9. The quantitative estimate of drug-likeness (QED) is 0.928. The fourth-order valence-electron chi connectivity index (χ4n) is 3.59. The average molecular weight is 339 g/mol. The second-order valence-electron chi connectivity index (χ2n) is 6.64. The van der Waals surface area contributed by atoms with Crippen LogP contribution in [0, 0.1) is 13.8 Å². The number of rotatable bonds is 4. The summed E-state index contributed by atoms with van der Waals surface area (Å²) < 4.78 is 2.14. The summed E-state index contributed by atoms with van der Waals surface area (Å²) in [5.41, 5.74) is 4.58. The highest BCUT2D eigenvalue weighted by Crippen LogP contribution is 2.24. The normalized spacial score (nSPS) is 16.4. The van der Waals surface area contributed by atoms with Gasteiger partial charge in [0.25, 0.3) is 0 Å². The van der Waals surface area contributed by atoms with Crippen molar-refractivity contribution in [2.75, 3.05) is 7.05 Å². The molecule has 1 aromatic heterocycles. The van der Waals surface area contributed by atoms with Gasteiger partial charge in [-0.1, -0.05) is 24.3 Å². The van der Waals surface area contributed by atoms with Crippen molar-refractivity contribution in [3.05, 3.63) is 58.9 Å². The van der Waals surface area contributed by atoms with Gasteiger partial charge < -0.3 is 14.8 Å². The number of nitrogens with zero attached hydrogens (tertiary/aromatic N) is 2. The summed E-state index contributed by atoms with van der Waals surface area (Å²) in [6.07, 6.45) is 0.967. The summed E-state index contributed by atoms with van der Waals surface area (Å²) in [6.45, 7) is 5.22. The van der Waals surface area contributed by atoms with Crippen LogP contribution in [-0.2, 0) is 29.1 Å². The molecule has 5 nitrogen and oxygen atoms in total. The summed E-state index contributed by atoms with van der Waals surface area (Å²) in [5.74, 6) is -0.0771. The zero-order chi connectivity index (χ0) is 18.0. The summed E-state index contributed by atoms with van der Waals surface area (Å²) >= 11 is 0. The molecule has 0 aliphatic carbocycles. The molecular weight excluding hydrogens is 314 g/mol. The first kappa shape index (κ1) is 17.3. The van der Waals surface area contributed by atoms with E-state index in [4.69, 9.17) is 0 Å². The third-order valence-corrected chi connectivity index (χ3v) is 5.08. The van der Waals surface area contributed by atoms with Gasteiger partial charge in [0.2, 0.25) is 11.8 Å². The third kappa shape index (κ3) is 3.45. The molecular formula is C20H25N3O2.